The molecule has 3 aromatic rings. The normalized spacial score (nSPS) is 16.7. The summed E-state index contributed by atoms with van der Waals surface area (Å²) in [6, 6.07) is 17.8. The summed E-state index contributed by atoms with van der Waals surface area (Å²) in [4.78, 5) is 12.0. The van der Waals surface area contributed by atoms with E-state index >= 15 is 0 Å². The third-order valence-corrected chi connectivity index (χ3v) is 5.39. The van der Waals surface area contributed by atoms with E-state index in [9.17, 15) is 4.79 Å². The molecule has 0 fully saturated rings. The lowest BCUT2D eigenvalue weighted by molar-refractivity contribution is -0.671. The van der Waals surface area contributed by atoms with Gasteiger partial charge in [0, 0.05) is 46.5 Å². The van der Waals surface area contributed by atoms with Gasteiger partial charge in [0.05, 0.1) is 0 Å². The van der Waals surface area contributed by atoms with Crippen molar-refractivity contribution in [2.24, 2.45) is 7.05 Å². The van der Waals surface area contributed by atoms with E-state index in [-0.39, 0.29) is 5.76 Å². The van der Waals surface area contributed by atoms with Crippen molar-refractivity contribution in [3.8, 4) is 17.2 Å². The largest absolute Gasteiger partial charge is 0.453 e. The van der Waals surface area contributed by atoms with Gasteiger partial charge in [0.2, 0.25) is 6.20 Å². The van der Waals surface area contributed by atoms with Crippen LogP contribution >= 0.6 is 0 Å². The molecule has 0 bridgehead atoms. The molecule has 0 unspecified atom stereocenters. The zero-order chi connectivity index (χ0) is 21.4. The minimum absolute atomic E-state index is 0.278. The molecule has 0 radical (unpaired) electrons. The summed E-state index contributed by atoms with van der Waals surface area (Å²) >= 11 is 0. The topological polar surface area (TPSA) is 51.4 Å². The molecule has 0 atom stereocenters. The molecule has 0 saturated heterocycles. The number of ether oxygens (including phenoxy) is 2. The Morgan fingerprint density at radius 1 is 0.839 bits per heavy atom. The van der Waals surface area contributed by atoms with E-state index in [0.29, 0.717) is 11.3 Å². The molecular formula is C26H21N2O3+. The predicted molar refractivity (Wildman–Crippen MR) is 118 cm³/mol. The molecular weight excluding hydrogens is 388 g/mol. The van der Waals surface area contributed by atoms with Crippen LogP contribution < -0.4 is 19.4 Å². The molecule has 0 aliphatic carbocycles. The summed E-state index contributed by atoms with van der Waals surface area (Å²) in [5.41, 5.74) is 5.51. The van der Waals surface area contributed by atoms with Gasteiger partial charge in [-0.15, -0.1) is 0 Å². The van der Waals surface area contributed by atoms with Crippen LogP contribution in [-0.2, 0) is 11.8 Å². The average Bonchev–Trinajstić information content (AvgIpc) is 2.80. The van der Waals surface area contributed by atoms with Gasteiger partial charge in [-0.25, -0.2) is 4.57 Å². The molecule has 152 valence electrons. The number of rotatable bonds is 3. The van der Waals surface area contributed by atoms with Crippen molar-refractivity contribution >= 4 is 17.4 Å². The van der Waals surface area contributed by atoms with E-state index in [1.54, 1.807) is 6.20 Å². The number of carbonyl (C=O) groups excluding carboxylic acids is 1. The molecule has 5 heteroatoms. The fourth-order valence-electron chi connectivity index (χ4n) is 4.05. The molecule has 31 heavy (non-hydrogen) atoms. The summed E-state index contributed by atoms with van der Waals surface area (Å²) in [5.74, 6) is 2.47. The lowest BCUT2D eigenvalue weighted by Gasteiger charge is -2.28. The Hall–Kier alpha value is -4.12. The van der Waals surface area contributed by atoms with Crippen molar-refractivity contribution < 1.29 is 18.8 Å². The standard InChI is InChI=1S/C26H20N2O3/c1-27-13-11-19-24(16-29)31-22-10-6-4-8-18(22)25(19)26-17-7-3-5-9-21(17)30-23-15-28(2)14-12-20(23)26/h3-16H,1-2H3/p+1. The number of aromatic nitrogens is 1. The maximum Gasteiger partial charge on any atom is 0.212 e. The van der Waals surface area contributed by atoms with Gasteiger partial charge in [-0.05, 0) is 24.4 Å². The number of para-hydroxylation sites is 2. The van der Waals surface area contributed by atoms with Crippen LogP contribution in [0.3, 0.4) is 0 Å². The molecule has 0 saturated carbocycles. The number of fused-ring (bicyclic) bond motifs is 3. The van der Waals surface area contributed by atoms with Gasteiger partial charge in [0.15, 0.2) is 24.0 Å². The number of aldehydes is 1. The Bertz CT molecular complexity index is 1300. The van der Waals surface area contributed by atoms with Crippen LogP contribution in [0.15, 0.2) is 90.6 Å². The van der Waals surface area contributed by atoms with Crippen LogP contribution in [0.5, 0.6) is 17.2 Å². The lowest BCUT2D eigenvalue weighted by atomic mass is 9.82. The molecule has 2 aliphatic heterocycles. The fourth-order valence-corrected chi connectivity index (χ4v) is 4.05. The molecule has 1 N–H and O–H groups in total. The highest BCUT2D eigenvalue weighted by atomic mass is 16.5. The maximum atomic E-state index is 12.0. The van der Waals surface area contributed by atoms with E-state index < -0.39 is 0 Å². The first-order valence-corrected chi connectivity index (χ1v) is 10.0. The Balaban J connectivity index is 1.94. The van der Waals surface area contributed by atoms with Crippen molar-refractivity contribution in [2.45, 2.75) is 0 Å². The predicted octanol–water partition coefficient (Wildman–Crippen LogP) is 4.15. The molecule has 2 aliphatic rings. The summed E-state index contributed by atoms with van der Waals surface area (Å²) in [5, 5.41) is 3.02. The number of hydrogen-bond acceptors (Lipinski definition) is 4. The number of benzene rings is 2. The number of aryl methyl sites for hydroxylation is 1. The highest BCUT2D eigenvalue weighted by Crippen LogP contribution is 2.50. The Morgan fingerprint density at radius 3 is 2.19 bits per heavy atom. The van der Waals surface area contributed by atoms with Crippen LogP contribution in [0.1, 0.15) is 16.7 Å². The molecule has 2 aromatic carbocycles. The summed E-state index contributed by atoms with van der Waals surface area (Å²) in [6.45, 7) is 0. The van der Waals surface area contributed by atoms with Crippen molar-refractivity contribution in [2.75, 3.05) is 7.05 Å². The van der Waals surface area contributed by atoms with E-state index in [1.165, 1.54) is 0 Å². The second-order valence-corrected chi connectivity index (χ2v) is 7.35. The van der Waals surface area contributed by atoms with Gasteiger partial charge in [-0.1, -0.05) is 36.4 Å². The number of allylic oxidation sites excluding steroid dienone is 4. The van der Waals surface area contributed by atoms with Crippen molar-refractivity contribution in [3.05, 3.63) is 107 Å². The summed E-state index contributed by atoms with van der Waals surface area (Å²) in [7, 11) is 3.79. The highest BCUT2D eigenvalue weighted by Gasteiger charge is 2.32. The smallest absolute Gasteiger partial charge is 0.212 e. The van der Waals surface area contributed by atoms with Gasteiger partial charge in [0.25, 0.3) is 0 Å². The van der Waals surface area contributed by atoms with Crippen LogP contribution in [-0.4, -0.2) is 13.3 Å². The quantitative estimate of drug-likeness (QED) is 0.408. The van der Waals surface area contributed by atoms with E-state index in [2.05, 4.69) is 5.32 Å². The number of carbonyl (C=O) groups is 1. The lowest BCUT2D eigenvalue weighted by Crippen LogP contribution is -2.27. The van der Waals surface area contributed by atoms with Crippen LogP contribution in [0.4, 0.5) is 0 Å². The average molecular weight is 409 g/mol. The first-order valence-electron chi connectivity index (χ1n) is 10.0. The number of hydrogen-bond donors (Lipinski definition) is 1. The Kier molecular flexibility index (Phi) is 4.64. The molecule has 5 rings (SSSR count). The van der Waals surface area contributed by atoms with Gasteiger partial charge in [-0.2, -0.15) is 0 Å². The number of pyridine rings is 1. The Labute approximate surface area is 180 Å². The maximum absolute atomic E-state index is 12.0. The molecule has 0 amide bonds. The highest BCUT2D eigenvalue weighted by molar-refractivity contribution is 6.11. The molecule has 1 aromatic heterocycles. The van der Waals surface area contributed by atoms with Crippen molar-refractivity contribution in [3.63, 3.8) is 0 Å². The van der Waals surface area contributed by atoms with E-state index in [1.807, 2.05) is 91.7 Å². The summed E-state index contributed by atoms with van der Waals surface area (Å²) < 4.78 is 14.2. The monoisotopic (exact) mass is 409 g/mol. The van der Waals surface area contributed by atoms with Gasteiger partial charge in [-0.3, -0.25) is 4.79 Å². The number of nitrogens with zero attached hydrogens (tertiary/aromatic N) is 1. The molecule has 3 heterocycles. The molecule has 5 nitrogen and oxygen atoms in total. The number of nitrogens with one attached hydrogen (secondary N) is 1. The summed E-state index contributed by atoms with van der Waals surface area (Å²) in [6.07, 6.45) is 8.40. The van der Waals surface area contributed by atoms with E-state index in [4.69, 9.17) is 9.47 Å². The SMILES string of the molecule is CNC=CC1=C(C=O)Oc2ccccc2C1=C1c2ccccc2Oc2c[n+](C)ccc21. The third-order valence-electron chi connectivity index (χ3n) is 5.39. The second kappa shape index (κ2) is 7.61. The van der Waals surface area contributed by atoms with Crippen LogP contribution in [0.25, 0.3) is 11.1 Å². The third kappa shape index (κ3) is 3.11. The van der Waals surface area contributed by atoms with Crippen molar-refractivity contribution in [1.82, 2.24) is 5.32 Å². The first-order chi connectivity index (χ1) is 15.2. The van der Waals surface area contributed by atoms with Gasteiger partial charge in [0.1, 0.15) is 18.5 Å². The first kappa shape index (κ1) is 18.9. The minimum Gasteiger partial charge on any atom is -0.453 e. The van der Waals surface area contributed by atoms with Crippen molar-refractivity contribution in [1.29, 1.82) is 0 Å². The molecule has 0 spiro atoms. The fraction of sp³-hybridized carbons (Fsp3) is 0.0769. The van der Waals surface area contributed by atoms with Gasteiger partial charge >= 0.3 is 0 Å². The van der Waals surface area contributed by atoms with E-state index in [0.717, 1.165) is 45.6 Å². The minimum atomic E-state index is 0.278. The Morgan fingerprint density at radius 2 is 1.48 bits per heavy atom. The zero-order valence-electron chi connectivity index (χ0n) is 17.3. The van der Waals surface area contributed by atoms with Crippen LogP contribution in [0.2, 0.25) is 0 Å². The van der Waals surface area contributed by atoms with Gasteiger partial charge < -0.3 is 14.8 Å². The zero-order valence-corrected chi connectivity index (χ0v) is 17.3. The van der Waals surface area contributed by atoms with Crippen LogP contribution in [0, 0.1) is 0 Å². The second-order valence-electron chi connectivity index (χ2n) is 7.35.